The molecule has 0 spiro atoms. The predicted octanol–water partition coefficient (Wildman–Crippen LogP) is 2.38. The van der Waals surface area contributed by atoms with E-state index in [-0.39, 0.29) is 5.91 Å². The molecule has 1 aromatic carbocycles. The first-order valence-electron chi connectivity index (χ1n) is 7.89. The van der Waals surface area contributed by atoms with E-state index in [9.17, 15) is 4.79 Å². The standard InChI is InChI=1S/C18H22N2O3/c1-22-14-16-7-8-17(23-16)18(21)20-11-9-19(10-12-20)13-15-5-3-2-4-6-15/h2-8H,9-14H2,1H3. The Bertz CT molecular complexity index is 631. The van der Waals surface area contributed by atoms with Crippen LogP contribution in [0.25, 0.3) is 0 Å². The highest BCUT2D eigenvalue weighted by Crippen LogP contribution is 2.14. The minimum atomic E-state index is -0.0354. The number of carbonyl (C=O) groups is 1. The zero-order valence-electron chi connectivity index (χ0n) is 13.4. The van der Waals surface area contributed by atoms with Crippen LogP contribution in [0.15, 0.2) is 46.9 Å². The Kier molecular flexibility index (Phi) is 5.10. The van der Waals surface area contributed by atoms with E-state index in [1.807, 2.05) is 11.0 Å². The van der Waals surface area contributed by atoms with Gasteiger partial charge in [0.2, 0.25) is 0 Å². The van der Waals surface area contributed by atoms with E-state index in [1.54, 1.807) is 19.2 Å². The van der Waals surface area contributed by atoms with Crippen LogP contribution in [0.5, 0.6) is 0 Å². The quantitative estimate of drug-likeness (QED) is 0.850. The molecule has 1 amide bonds. The van der Waals surface area contributed by atoms with Gasteiger partial charge >= 0.3 is 0 Å². The lowest BCUT2D eigenvalue weighted by molar-refractivity contribution is 0.0591. The van der Waals surface area contributed by atoms with E-state index >= 15 is 0 Å². The van der Waals surface area contributed by atoms with Crippen LogP contribution in [-0.4, -0.2) is 49.0 Å². The first-order chi connectivity index (χ1) is 11.3. The fourth-order valence-electron chi connectivity index (χ4n) is 2.82. The molecule has 0 atom stereocenters. The van der Waals surface area contributed by atoms with Crippen molar-refractivity contribution in [2.45, 2.75) is 13.2 Å². The van der Waals surface area contributed by atoms with Crippen molar-refractivity contribution in [3.63, 3.8) is 0 Å². The summed E-state index contributed by atoms with van der Waals surface area (Å²) in [6.07, 6.45) is 0. The molecule has 122 valence electrons. The second kappa shape index (κ2) is 7.44. The third kappa shape index (κ3) is 4.00. The molecule has 0 radical (unpaired) electrons. The molecule has 1 saturated heterocycles. The van der Waals surface area contributed by atoms with Gasteiger partial charge < -0.3 is 14.1 Å². The molecule has 1 aliphatic heterocycles. The summed E-state index contributed by atoms with van der Waals surface area (Å²) in [6.45, 7) is 4.54. The summed E-state index contributed by atoms with van der Waals surface area (Å²) >= 11 is 0. The molecule has 0 N–H and O–H groups in total. The van der Waals surface area contributed by atoms with Crippen molar-refractivity contribution in [1.29, 1.82) is 0 Å². The normalized spacial score (nSPS) is 15.8. The number of hydrogen-bond acceptors (Lipinski definition) is 4. The molecule has 1 aromatic heterocycles. The maximum Gasteiger partial charge on any atom is 0.289 e. The van der Waals surface area contributed by atoms with Gasteiger partial charge in [0.05, 0.1) is 0 Å². The van der Waals surface area contributed by atoms with Gasteiger partial charge in [-0.2, -0.15) is 0 Å². The van der Waals surface area contributed by atoms with E-state index < -0.39 is 0 Å². The molecular formula is C18H22N2O3. The molecule has 1 aliphatic rings. The Morgan fingerprint density at radius 3 is 2.52 bits per heavy atom. The van der Waals surface area contributed by atoms with Crippen molar-refractivity contribution in [2.75, 3.05) is 33.3 Å². The highest BCUT2D eigenvalue weighted by molar-refractivity contribution is 5.91. The zero-order valence-corrected chi connectivity index (χ0v) is 13.4. The number of rotatable bonds is 5. The number of amides is 1. The van der Waals surface area contributed by atoms with E-state index in [0.29, 0.717) is 18.1 Å². The molecule has 0 bridgehead atoms. The first-order valence-corrected chi connectivity index (χ1v) is 7.89. The van der Waals surface area contributed by atoms with Crippen LogP contribution in [0.3, 0.4) is 0 Å². The summed E-state index contributed by atoms with van der Waals surface area (Å²) in [6, 6.07) is 13.9. The second-order valence-corrected chi connectivity index (χ2v) is 5.75. The summed E-state index contributed by atoms with van der Waals surface area (Å²) in [7, 11) is 1.61. The monoisotopic (exact) mass is 314 g/mol. The van der Waals surface area contributed by atoms with Gasteiger partial charge in [0.15, 0.2) is 5.76 Å². The molecule has 2 heterocycles. The number of ether oxygens (including phenoxy) is 1. The van der Waals surface area contributed by atoms with Crippen molar-refractivity contribution in [1.82, 2.24) is 9.80 Å². The summed E-state index contributed by atoms with van der Waals surface area (Å²) in [5.74, 6) is 1.04. The molecule has 23 heavy (non-hydrogen) atoms. The average Bonchev–Trinajstić information content (AvgIpc) is 3.05. The summed E-state index contributed by atoms with van der Waals surface area (Å²) < 4.78 is 10.5. The maximum atomic E-state index is 12.5. The smallest absolute Gasteiger partial charge is 0.289 e. The van der Waals surface area contributed by atoms with Crippen molar-refractivity contribution in [3.05, 3.63) is 59.5 Å². The Balaban J connectivity index is 1.52. The first kappa shape index (κ1) is 15.8. The molecule has 5 nitrogen and oxygen atoms in total. The van der Waals surface area contributed by atoms with Crippen LogP contribution >= 0.6 is 0 Å². The lowest BCUT2D eigenvalue weighted by Gasteiger charge is -2.34. The Hall–Kier alpha value is -2.11. The molecule has 1 fully saturated rings. The van der Waals surface area contributed by atoms with Crippen molar-refractivity contribution >= 4 is 5.91 Å². The van der Waals surface area contributed by atoms with Gasteiger partial charge in [0, 0.05) is 39.8 Å². The van der Waals surface area contributed by atoms with Gasteiger partial charge in [-0.15, -0.1) is 0 Å². The fraction of sp³-hybridized carbons (Fsp3) is 0.389. The molecule has 0 aliphatic carbocycles. The van der Waals surface area contributed by atoms with Gasteiger partial charge in [0.25, 0.3) is 5.91 Å². The van der Waals surface area contributed by atoms with Gasteiger partial charge in [-0.1, -0.05) is 30.3 Å². The number of piperazine rings is 1. The van der Waals surface area contributed by atoms with E-state index in [4.69, 9.17) is 9.15 Å². The summed E-state index contributed by atoms with van der Waals surface area (Å²) in [5, 5.41) is 0. The minimum absolute atomic E-state index is 0.0354. The van der Waals surface area contributed by atoms with Crippen molar-refractivity contribution in [3.8, 4) is 0 Å². The zero-order chi connectivity index (χ0) is 16.1. The number of carbonyl (C=O) groups excluding carboxylic acids is 1. The van der Waals surface area contributed by atoms with Crippen molar-refractivity contribution < 1.29 is 13.9 Å². The second-order valence-electron chi connectivity index (χ2n) is 5.75. The fourth-order valence-corrected chi connectivity index (χ4v) is 2.82. The van der Waals surface area contributed by atoms with Crippen LogP contribution < -0.4 is 0 Å². The van der Waals surface area contributed by atoms with Gasteiger partial charge in [0.1, 0.15) is 12.4 Å². The molecule has 2 aromatic rings. The molecule has 3 rings (SSSR count). The molecule has 0 saturated carbocycles. The van der Waals surface area contributed by atoms with E-state index in [1.165, 1.54) is 5.56 Å². The van der Waals surface area contributed by atoms with E-state index in [2.05, 4.69) is 29.2 Å². The van der Waals surface area contributed by atoms with Crippen LogP contribution in [0.2, 0.25) is 0 Å². The number of benzene rings is 1. The number of furan rings is 1. The van der Waals surface area contributed by atoms with Crippen LogP contribution in [-0.2, 0) is 17.9 Å². The molecular weight excluding hydrogens is 292 g/mol. The predicted molar refractivity (Wildman–Crippen MR) is 87.0 cm³/mol. The third-order valence-corrected chi connectivity index (χ3v) is 4.07. The van der Waals surface area contributed by atoms with Crippen LogP contribution in [0, 0.1) is 0 Å². The molecule has 0 unspecified atom stereocenters. The van der Waals surface area contributed by atoms with E-state index in [0.717, 1.165) is 32.7 Å². The van der Waals surface area contributed by atoms with Gasteiger partial charge in [-0.3, -0.25) is 9.69 Å². The summed E-state index contributed by atoms with van der Waals surface area (Å²) in [5.41, 5.74) is 1.31. The molecule has 5 heteroatoms. The Morgan fingerprint density at radius 1 is 1.09 bits per heavy atom. The Labute approximate surface area is 136 Å². The highest BCUT2D eigenvalue weighted by Gasteiger charge is 2.24. The summed E-state index contributed by atoms with van der Waals surface area (Å²) in [4.78, 5) is 16.7. The van der Waals surface area contributed by atoms with Crippen LogP contribution in [0.1, 0.15) is 21.9 Å². The SMILES string of the molecule is COCc1ccc(C(=O)N2CCN(Cc3ccccc3)CC2)o1. The minimum Gasteiger partial charge on any atom is -0.453 e. The lowest BCUT2D eigenvalue weighted by Crippen LogP contribution is -2.48. The highest BCUT2D eigenvalue weighted by atomic mass is 16.5. The van der Waals surface area contributed by atoms with Gasteiger partial charge in [-0.25, -0.2) is 0 Å². The third-order valence-electron chi connectivity index (χ3n) is 4.07. The number of hydrogen-bond donors (Lipinski definition) is 0. The van der Waals surface area contributed by atoms with Crippen LogP contribution in [0.4, 0.5) is 0 Å². The van der Waals surface area contributed by atoms with Gasteiger partial charge in [-0.05, 0) is 17.7 Å². The van der Waals surface area contributed by atoms with Crippen molar-refractivity contribution in [2.24, 2.45) is 0 Å². The largest absolute Gasteiger partial charge is 0.453 e. The topological polar surface area (TPSA) is 45.9 Å². The maximum absolute atomic E-state index is 12.5. The lowest BCUT2D eigenvalue weighted by atomic mass is 10.2. The number of nitrogens with zero attached hydrogens (tertiary/aromatic N) is 2. The number of methoxy groups -OCH3 is 1. The Morgan fingerprint density at radius 2 is 1.83 bits per heavy atom. The average molecular weight is 314 g/mol.